The molecule has 0 atom stereocenters. The molecule has 0 saturated heterocycles. The van der Waals surface area contributed by atoms with Crippen molar-refractivity contribution < 1.29 is 14.1 Å². The van der Waals surface area contributed by atoms with Gasteiger partial charge in [0.1, 0.15) is 5.75 Å². The molecule has 0 aliphatic rings. The number of urea groups is 1. The van der Waals surface area contributed by atoms with Crippen molar-refractivity contribution in [2.24, 2.45) is 0 Å². The van der Waals surface area contributed by atoms with E-state index in [-0.39, 0.29) is 12.6 Å². The fourth-order valence-electron chi connectivity index (χ4n) is 2.86. The molecule has 0 saturated carbocycles. The van der Waals surface area contributed by atoms with E-state index in [9.17, 15) is 4.79 Å². The molecule has 0 fully saturated rings. The first kappa shape index (κ1) is 19.2. The number of para-hydroxylation sites is 2. The molecule has 1 aromatic heterocycles. The Labute approximate surface area is 173 Å². The van der Waals surface area contributed by atoms with Crippen LogP contribution in [0.25, 0.3) is 11.5 Å². The summed E-state index contributed by atoms with van der Waals surface area (Å²) in [6.45, 7) is 2.17. The number of hydrogen-bond acceptors (Lipinski definition) is 5. The first-order chi connectivity index (χ1) is 14.7. The smallest absolute Gasteiger partial charge is 0.323 e. The number of ether oxygens (including phenoxy) is 1. The van der Waals surface area contributed by atoms with Crippen molar-refractivity contribution in [1.29, 1.82) is 0 Å². The summed E-state index contributed by atoms with van der Waals surface area (Å²) < 4.78 is 11.1. The molecule has 7 nitrogen and oxygen atoms in total. The van der Waals surface area contributed by atoms with Crippen molar-refractivity contribution in [3.63, 3.8) is 0 Å². The number of aryl methyl sites for hydroxylation is 1. The maximum Gasteiger partial charge on any atom is 0.323 e. The standard InChI is InChI=1S/C23H20N4O3/c1-16-8-7-11-18(14-16)29-15-21-26-22(30-27-21)19-12-5-6-13-20(19)25-23(28)24-17-9-3-2-4-10-17/h2-14H,15H2,1H3,(H2,24,25,28). The Hall–Kier alpha value is -4.13. The lowest BCUT2D eigenvalue weighted by molar-refractivity contribution is 0.262. The van der Waals surface area contributed by atoms with Crippen LogP contribution >= 0.6 is 0 Å². The molecule has 2 amide bonds. The Morgan fingerprint density at radius 1 is 0.967 bits per heavy atom. The molecule has 150 valence electrons. The third kappa shape index (κ3) is 4.82. The lowest BCUT2D eigenvalue weighted by atomic mass is 10.2. The van der Waals surface area contributed by atoms with E-state index >= 15 is 0 Å². The minimum atomic E-state index is -0.365. The number of carbonyl (C=O) groups is 1. The van der Waals surface area contributed by atoms with Crippen molar-refractivity contribution in [3.05, 3.63) is 90.3 Å². The minimum Gasteiger partial charge on any atom is -0.485 e. The summed E-state index contributed by atoms with van der Waals surface area (Å²) in [5.41, 5.74) is 2.98. The molecule has 0 aliphatic heterocycles. The van der Waals surface area contributed by atoms with Gasteiger partial charge in [-0.05, 0) is 48.9 Å². The number of benzene rings is 3. The summed E-state index contributed by atoms with van der Waals surface area (Å²) in [5, 5.41) is 9.58. The van der Waals surface area contributed by atoms with Crippen LogP contribution in [0.1, 0.15) is 11.4 Å². The van der Waals surface area contributed by atoms with Gasteiger partial charge < -0.3 is 19.9 Å². The molecule has 30 heavy (non-hydrogen) atoms. The normalized spacial score (nSPS) is 10.4. The third-order valence-electron chi connectivity index (χ3n) is 4.26. The van der Waals surface area contributed by atoms with E-state index in [0.29, 0.717) is 28.7 Å². The second-order valence-electron chi connectivity index (χ2n) is 6.61. The Morgan fingerprint density at radius 3 is 2.60 bits per heavy atom. The monoisotopic (exact) mass is 400 g/mol. The minimum absolute atomic E-state index is 0.178. The number of nitrogens with zero attached hydrogens (tertiary/aromatic N) is 2. The summed E-state index contributed by atoms with van der Waals surface area (Å²) >= 11 is 0. The first-order valence-corrected chi connectivity index (χ1v) is 9.42. The zero-order valence-electron chi connectivity index (χ0n) is 16.3. The van der Waals surface area contributed by atoms with Gasteiger partial charge in [-0.25, -0.2) is 4.79 Å². The van der Waals surface area contributed by atoms with Crippen molar-refractivity contribution in [1.82, 2.24) is 10.1 Å². The molecule has 0 radical (unpaired) electrons. The van der Waals surface area contributed by atoms with Crippen molar-refractivity contribution in [2.75, 3.05) is 10.6 Å². The zero-order chi connectivity index (χ0) is 20.8. The topological polar surface area (TPSA) is 89.3 Å². The predicted molar refractivity (Wildman–Crippen MR) is 114 cm³/mol. The van der Waals surface area contributed by atoms with E-state index in [4.69, 9.17) is 9.26 Å². The molecule has 3 aromatic carbocycles. The van der Waals surface area contributed by atoms with Gasteiger partial charge in [-0.1, -0.05) is 47.6 Å². The van der Waals surface area contributed by atoms with Crippen LogP contribution in [0.5, 0.6) is 5.75 Å². The van der Waals surface area contributed by atoms with E-state index < -0.39 is 0 Å². The number of nitrogens with one attached hydrogen (secondary N) is 2. The number of amides is 2. The molecule has 0 bridgehead atoms. The third-order valence-corrected chi connectivity index (χ3v) is 4.26. The van der Waals surface area contributed by atoms with Crippen molar-refractivity contribution >= 4 is 17.4 Å². The molecule has 0 unspecified atom stereocenters. The highest BCUT2D eigenvalue weighted by atomic mass is 16.5. The van der Waals surface area contributed by atoms with E-state index in [1.165, 1.54) is 0 Å². The summed E-state index contributed by atoms with van der Waals surface area (Å²) in [6.07, 6.45) is 0. The van der Waals surface area contributed by atoms with E-state index in [0.717, 1.165) is 11.3 Å². The summed E-state index contributed by atoms with van der Waals surface area (Å²) in [5.74, 6) is 1.45. The highest BCUT2D eigenvalue weighted by Gasteiger charge is 2.15. The average molecular weight is 400 g/mol. The average Bonchev–Trinajstić information content (AvgIpc) is 3.22. The molecule has 7 heteroatoms. The molecular weight excluding hydrogens is 380 g/mol. The van der Waals surface area contributed by atoms with E-state index in [1.54, 1.807) is 12.1 Å². The predicted octanol–water partition coefficient (Wildman–Crippen LogP) is 5.27. The van der Waals surface area contributed by atoms with Gasteiger partial charge in [-0.3, -0.25) is 0 Å². The maximum absolute atomic E-state index is 12.3. The molecule has 4 rings (SSSR count). The van der Waals surface area contributed by atoms with Gasteiger partial charge in [-0.15, -0.1) is 0 Å². The lowest BCUT2D eigenvalue weighted by Gasteiger charge is -2.09. The molecule has 0 spiro atoms. The fraction of sp³-hybridized carbons (Fsp3) is 0.0870. The van der Waals surface area contributed by atoms with E-state index in [2.05, 4.69) is 20.8 Å². The highest BCUT2D eigenvalue weighted by molar-refractivity contribution is 6.01. The molecule has 4 aromatic rings. The van der Waals surface area contributed by atoms with E-state index in [1.807, 2.05) is 73.7 Å². The van der Waals surface area contributed by atoms with Gasteiger partial charge >= 0.3 is 6.03 Å². The van der Waals surface area contributed by atoms with Crippen LogP contribution in [0.3, 0.4) is 0 Å². The first-order valence-electron chi connectivity index (χ1n) is 9.42. The van der Waals surface area contributed by atoms with Crippen LogP contribution in [0.2, 0.25) is 0 Å². The molecule has 0 aliphatic carbocycles. The zero-order valence-corrected chi connectivity index (χ0v) is 16.3. The Bertz CT molecular complexity index is 1140. The van der Waals surface area contributed by atoms with Crippen LogP contribution < -0.4 is 15.4 Å². The number of anilines is 2. The SMILES string of the molecule is Cc1cccc(OCc2noc(-c3ccccc3NC(=O)Nc3ccccc3)n2)c1. The largest absolute Gasteiger partial charge is 0.485 e. The number of aromatic nitrogens is 2. The van der Waals surface area contributed by atoms with Gasteiger partial charge in [0.2, 0.25) is 5.82 Å². The summed E-state index contributed by atoms with van der Waals surface area (Å²) in [4.78, 5) is 16.7. The molecular formula is C23H20N4O3. The maximum atomic E-state index is 12.3. The van der Waals surface area contributed by atoms with Gasteiger partial charge in [0.05, 0.1) is 11.3 Å². The van der Waals surface area contributed by atoms with Crippen molar-refractivity contribution in [2.45, 2.75) is 13.5 Å². The number of carbonyl (C=O) groups excluding carboxylic acids is 1. The van der Waals surface area contributed by atoms with Crippen LogP contribution in [0.4, 0.5) is 16.2 Å². The highest BCUT2D eigenvalue weighted by Crippen LogP contribution is 2.27. The molecule has 1 heterocycles. The Morgan fingerprint density at radius 2 is 1.77 bits per heavy atom. The second-order valence-corrected chi connectivity index (χ2v) is 6.61. The van der Waals surface area contributed by atoms with Gasteiger partial charge in [0, 0.05) is 5.69 Å². The number of hydrogen-bond donors (Lipinski definition) is 2. The van der Waals surface area contributed by atoms with Gasteiger partial charge in [0.25, 0.3) is 5.89 Å². The fourth-order valence-corrected chi connectivity index (χ4v) is 2.86. The van der Waals surface area contributed by atoms with Gasteiger partial charge in [0.15, 0.2) is 6.61 Å². The van der Waals surface area contributed by atoms with Crippen molar-refractivity contribution in [3.8, 4) is 17.2 Å². The van der Waals surface area contributed by atoms with Gasteiger partial charge in [-0.2, -0.15) is 4.98 Å². The van der Waals surface area contributed by atoms with Crippen LogP contribution in [0.15, 0.2) is 83.4 Å². The Kier molecular flexibility index (Phi) is 5.70. The molecule has 2 N–H and O–H groups in total. The quantitative estimate of drug-likeness (QED) is 0.460. The summed E-state index contributed by atoms with van der Waals surface area (Å²) in [6, 6.07) is 23.8. The second kappa shape index (κ2) is 8.91. The van der Waals surface area contributed by atoms with Crippen LogP contribution in [-0.4, -0.2) is 16.2 Å². The lowest BCUT2D eigenvalue weighted by Crippen LogP contribution is -2.19. The summed E-state index contributed by atoms with van der Waals surface area (Å²) in [7, 11) is 0. The van der Waals surface area contributed by atoms with Crippen LogP contribution in [0, 0.1) is 6.92 Å². The number of rotatable bonds is 6. The Balaban J connectivity index is 1.45. The van der Waals surface area contributed by atoms with Crippen LogP contribution in [-0.2, 0) is 6.61 Å².